The topological polar surface area (TPSA) is 70.4 Å². The van der Waals surface area contributed by atoms with E-state index in [4.69, 9.17) is 0 Å². The monoisotopic (exact) mass is 286 g/mol. The van der Waals surface area contributed by atoms with Crippen molar-refractivity contribution in [2.24, 2.45) is 0 Å². The molecule has 0 saturated heterocycles. The molecule has 1 aromatic rings. The van der Waals surface area contributed by atoms with Crippen LogP contribution >= 0.6 is 0 Å². The molecule has 0 aromatic heterocycles. The third-order valence-electron chi connectivity index (χ3n) is 3.66. The number of rotatable bonds is 2. The Hall–Kier alpha value is -2.35. The van der Waals surface area contributed by atoms with Gasteiger partial charge < -0.3 is 9.64 Å². The highest BCUT2D eigenvalue weighted by atomic mass is 16.5. The molecule has 0 spiro atoms. The third-order valence-corrected chi connectivity index (χ3v) is 3.66. The summed E-state index contributed by atoms with van der Waals surface area (Å²) < 4.78 is 4.59. The molecule has 5 nitrogen and oxygen atoms in total. The Balaban J connectivity index is 2.45. The molecule has 2 rings (SSSR count). The highest BCUT2D eigenvalue weighted by molar-refractivity contribution is 6.01. The van der Waals surface area contributed by atoms with Gasteiger partial charge in [0.25, 0.3) is 5.91 Å². The molecule has 0 N–H and O–H groups in total. The van der Waals surface area contributed by atoms with Gasteiger partial charge in [-0.3, -0.25) is 9.59 Å². The molecule has 0 fully saturated rings. The van der Waals surface area contributed by atoms with E-state index in [1.165, 1.54) is 12.0 Å². The lowest BCUT2D eigenvalue weighted by Crippen LogP contribution is -2.33. The van der Waals surface area contributed by atoms with E-state index in [0.29, 0.717) is 11.1 Å². The van der Waals surface area contributed by atoms with E-state index < -0.39 is 12.0 Å². The van der Waals surface area contributed by atoms with Crippen molar-refractivity contribution in [3.8, 4) is 6.07 Å². The molecule has 110 valence electrons. The average Bonchev–Trinajstić information content (AvgIpc) is 2.70. The summed E-state index contributed by atoms with van der Waals surface area (Å²) >= 11 is 0. The highest BCUT2D eigenvalue weighted by Crippen LogP contribution is 2.36. The quantitative estimate of drug-likeness (QED) is 0.781. The van der Waals surface area contributed by atoms with Crippen LogP contribution in [0.25, 0.3) is 0 Å². The number of nitrogens with zero attached hydrogens (tertiary/aromatic N) is 2. The molecule has 21 heavy (non-hydrogen) atoms. The molecule has 0 saturated carbocycles. The van der Waals surface area contributed by atoms with Crippen molar-refractivity contribution in [2.75, 3.05) is 13.7 Å². The van der Waals surface area contributed by atoms with Gasteiger partial charge in [-0.05, 0) is 17.0 Å². The van der Waals surface area contributed by atoms with Crippen molar-refractivity contribution in [1.82, 2.24) is 4.90 Å². The minimum atomic E-state index is -0.742. The zero-order chi connectivity index (χ0) is 15.8. The minimum absolute atomic E-state index is 0.0755. The number of hydrogen-bond donors (Lipinski definition) is 0. The van der Waals surface area contributed by atoms with E-state index in [0.717, 1.165) is 5.56 Å². The number of amides is 1. The van der Waals surface area contributed by atoms with Crippen LogP contribution in [0.2, 0.25) is 0 Å². The first kappa shape index (κ1) is 15.0. The van der Waals surface area contributed by atoms with E-state index in [1.54, 1.807) is 6.07 Å². The fraction of sp³-hybridized carbons (Fsp3) is 0.438. The predicted octanol–water partition coefficient (Wildman–Crippen LogP) is 2.18. The summed E-state index contributed by atoms with van der Waals surface area (Å²) in [6, 6.07) is 6.88. The molecule has 1 atom stereocenters. The Morgan fingerprint density at radius 1 is 1.43 bits per heavy atom. The highest BCUT2D eigenvalue weighted by Gasteiger charge is 2.38. The van der Waals surface area contributed by atoms with Crippen LogP contribution in [0.15, 0.2) is 18.2 Å². The molecule has 0 aliphatic carbocycles. The Kier molecular flexibility index (Phi) is 3.73. The Morgan fingerprint density at radius 2 is 2.10 bits per heavy atom. The number of nitriles is 1. The first-order valence-electron chi connectivity index (χ1n) is 6.71. The first-order chi connectivity index (χ1) is 9.79. The van der Waals surface area contributed by atoms with Gasteiger partial charge in [-0.25, -0.2) is 0 Å². The lowest BCUT2D eigenvalue weighted by molar-refractivity contribution is -0.141. The van der Waals surface area contributed by atoms with Crippen molar-refractivity contribution in [1.29, 1.82) is 5.26 Å². The van der Waals surface area contributed by atoms with Gasteiger partial charge in [-0.2, -0.15) is 5.26 Å². The number of ether oxygens (including phenoxy) is 1. The summed E-state index contributed by atoms with van der Waals surface area (Å²) in [5.41, 5.74) is 2.12. The van der Waals surface area contributed by atoms with Crippen LogP contribution in [-0.2, 0) is 14.9 Å². The maximum absolute atomic E-state index is 12.3. The number of benzene rings is 1. The smallest absolute Gasteiger partial charge is 0.325 e. The van der Waals surface area contributed by atoms with Gasteiger partial charge in [-0.15, -0.1) is 0 Å². The normalized spacial score (nSPS) is 17.4. The van der Waals surface area contributed by atoms with Gasteiger partial charge in [0.1, 0.15) is 12.6 Å². The number of esters is 1. The van der Waals surface area contributed by atoms with Crippen LogP contribution in [0, 0.1) is 11.3 Å². The zero-order valence-electron chi connectivity index (χ0n) is 12.6. The fourth-order valence-corrected chi connectivity index (χ4v) is 2.40. The Labute approximate surface area is 124 Å². The van der Waals surface area contributed by atoms with Gasteiger partial charge in [0, 0.05) is 11.1 Å². The zero-order valence-corrected chi connectivity index (χ0v) is 12.6. The van der Waals surface area contributed by atoms with Crippen LogP contribution in [-0.4, -0.2) is 30.4 Å². The molecule has 5 heteroatoms. The van der Waals surface area contributed by atoms with Gasteiger partial charge in [-0.1, -0.05) is 32.9 Å². The fourth-order valence-electron chi connectivity index (χ4n) is 2.40. The minimum Gasteiger partial charge on any atom is -0.468 e. The SMILES string of the molecule is COC(=O)CN1C(=O)c2ccc(C(C)(C)C)cc2C1C#N. The third kappa shape index (κ3) is 2.62. The molecule has 1 aliphatic heterocycles. The molecule has 1 aliphatic rings. The predicted molar refractivity (Wildman–Crippen MR) is 76.5 cm³/mol. The summed E-state index contributed by atoms with van der Waals surface area (Å²) in [5, 5.41) is 9.38. The summed E-state index contributed by atoms with van der Waals surface area (Å²) in [5.74, 6) is -0.838. The molecular formula is C16H18N2O3. The molecule has 0 bridgehead atoms. The van der Waals surface area contributed by atoms with Gasteiger partial charge in [0.15, 0.2) is 0 Å². The van der Waals surface area contributed by atoms with E-state index in [1.807, 2.05) is 12.1 Å². The van der Waals surface area contributed by atoms with E-state index in [9.17, 15) is 14.9 Å². The molecule has 1 aromatic carbocycles. The summed E-state index contributed by atoms with van der Waals surface area (Å²) in [6.07, 6.45) is 0. The largest absolute Gasteiger partial charge is 0.468 e. The summed E-state index contributed by atoms with van der Waals surface area (Å²) in [6.45, 7) is 5.99. The van der Waals surface area contributed by atoms with Crippen molar-refractivity contribution < 1.29 is 14.3 Å². The lowest BCUT2D eigenvalue weighted by atomic mass is 9.85. The summed E-state index contributed by atoms with van der Waals surface area (Å²) in [7, 11) is 1.26. The average molecular weight is 286 g/mol. The van der Waals surface area contributed by atoms with Gasteiger partial charge in [0.2, 0.25) is 0 Å². The van der Waals surface area contributed by atoms with Crippen LogP contribution in [0.3, 0.4) is 0 Å². The lowest BCUT2D eigenvalue weighted by Gasteiger charge is -2.21. The maximum atomic E-state index is 12.3. The van der Waals surface area contributed by atoms with Crippen LogP contribution in [0.5, 0.6) is 0 Å². The Morgan fingerprint density at radius 3 is 2.62 bits per heavy atom. The van der Waals surface area contributed by atoms with E-state index >= 15 is 0 Å². The summed E-state index contributed by atoms with van der Waals surface area (Å²) in [4.78, 5) is 25.0. The van der Waals surface area contributed by atoms with Crippen molar-refractivity contribution in [2.45, 2.75) is 32.2 Å². The van der Waals surface area contributed by atoms with E-state index in [-0.39, 0.29) is 17.9 Å². The Bertz CT molecular complexity index is 638. The molecule has 1 unspecified atom stereocenters. The van der Waals surface area contributed by atoms with Crippen LogP contribution < -0.4 is 0 Å². The van der Waals surface area contributed by atoms with Gasteiger partial charge >= 0.3 is 5.97 Å². The second kappa shape index (κ2) is 5.21. The number of hydrogen-bond acceptors (Lipinski definition) is 4. The molecule has 1 amide bonds. The number of fused-ring (bicyclic) bond motifs is 1. The molecular weight excluding hydrogens is 268 g/mol. The first-order valence-corrected chi connectivity index (χ1v) is 6.71. The number of methoxy groups -OCH3 is 1. The van der Waals surface area contributed by atoms with Crippen molar-refractivity contribution >= 4 is 11.9 Å². The van der Waals surface area contributed by atoms with Gasteiger partial charge in [0.05, 0.1) is 13.2 Å². The standard InChI is InChI=1S/C16H18N2O3/c1-16(2,3)10-5-6-11-12(7-10)13(8-17)18(15(11)20)9-14(19)21-4/h5-7,13H,9H2,1-4H3. The van der Waals surface area contributed by atoms with E-state index in [2.05, 4.69) is 31.6 Å². The van der Waals surface area contributed by atoms with Crippen LogP contribution in [0.4, 0.5) is 0 Å². The van der Waals surface area contributed by atoms with Crippen LogP contribution in [0.1, 0.15) is 48.3 Å². The van der Waals surface area contributed by atoms with Crippen molar-refractivity contribution in [3.63, 3.8) is 0 Å². The second-order valence-corrected chi connectivity index (χ2v) is 6.09. The molecule has 1 heterocycles. The molecule has 0 radical (unpaired) electrons. The van der Waals surface area contributed by atoms with Crippen molar-refractivity contribution in [3.05, 3.63) is 34.9 Å². The number of carbonyl (C=O) groups is 2. The number of carbonyl (C=O) groups excluding carboxylic acids is 2. The second-order valence-electron chi connectivity index (χ2n) is 6.09. The maximum Gasteiger partial charge on any atom is 0.325 e.